The topological polar surface area (TPSA) is 57.8 Å². The van der Waals surface area contributed by atoms with Crippen molar-refractivity contribution in [2.45, 2.75) is 13.5 Å². The summed E-state index contributed by atoms with van der Waals surface area (Å²) in [6, 6.07) is 10.6. The third kappa shape index (κ3) is 5.29. The van der Waals surface area contributed by atoms with E-state index in [0.717, 1.165) is 43.1 Å². The van der Waals surface area contributed by atoms with Crippen LogP contribution in [0.3, 0.4) is 0 Å². The van der Waals surface area contributed by atoms with Gasteiger partial charge in [-0.25, -0.2) is 9.38 Å². The van der Waals surface area contributed by atoms with Crippen LogP contribution in [0.2, 0.25) is 0 Å². The summed E-state index contributed by atoms with van der Waals surface area (Å²) < 4.78 is 13.0. The van der Waals surface area contributed by atoms with Crippen molar-refractivity contribution in [3.05, 3.63) is 59.7 Å². The Bertz CT molecular complexity index is 694. The second-order valence-electron chi connectivity index (χ2n) is 5.93. The van der Waals surface area contributed by atoms with Crippen LogP contribution >= 0.6 is 24.0 Å². The lowest BCUT2D eigenvalue weighted by Gasteiger charge is -2.36. The summed E-state index contributed by atoms with van der Waals surface area (Å²) in [5.74, 6) is 0.355. The molecule has 7 heteroatoms. The molecule has 0 spiro atoms. The van der Waals surface area contributed by atoms with Gasteiger partial charge in [0.15, 0.2) is 5.96 Å². The van der Waals surface area contributed by atoms with E-state index < -0.39 is 0 Å². The molecule has 2 heterocycles. The van der Waals surface area contributed by atoms with Crippen molar-refractivity contribution in [3.8, 4) is 0 Å². The van der Waals surface area contributed by atoms with Gasteiger partial charge in [-0.2, -0.15) is 0 Å². The maximum Gasteiger partial charge on any atom is 0.191 e. The first-order chi connectivity index (χ1) is 11.6. The van der Waals surface area contributed by atoms with Gasteiger partial charge in [-0.3, -0.25) is 4.98 Å². The van der Waals surface area contributed by atoms with Crippen LogP contribution in [0, 0.1) is 12.7 Å². The molecule has 1 aromatic heterocycles. The SMILES string of the molecule is Cc1ccc(CN=C(N)N2CCN(c3ccc(F)cc3)CC2)cn1.I. The number of hydrogen-bond donors (Lipinski definition) is 1. The summed E-state index contributed by atoms with van der Waals surface area (Å²) in [5, 5.41) is 0. The molecule has 25 heavy (non-hydrogen) atoms. The van der Waals surface area contributed by atoms with Crippen molar-refractivity contribution in [3.63, 3.8) is 0 Å². The molecule has 2 N–H and O–H groups in total. The Labute approximate surface area is 164 Å². The second kappa shape index (κ2) is 8.98. The molecule has 0 amide bonds. The number of aliphatic imine (C=N–C) groups is 1. The van der Waals surface area contributed by atoms with Crippen LogP contribution in [0.1, 0.15) is 11.3 Å². The minimum atomic E-state index is -0.209. The molecule has 134 valence electrons. The maximum atomic E-state index is 13.0. The molecule has 1 aromatic carbocycles. The number of hydrogen-bond acceptors (Lipinski definition) is 3. The molecule has 1 fully saturated rings. The van der Waals surface area contributed by atoms with Crippen molar-refractivity contribution in [2.24, 2.45) is 10.7 Å². The fourth-order valence-corrected chi connectivity index (χ4v) is 2.71. The predicted molar refractivity (Wildman–Crippen MR) is 110 cm³/mol. The molecule has 3 rings (SSSR count). The number of nitrogens with two attached hydrogens (primary N) is 1. The van der Waals surface area contributed by atoms with E-state index in [1.807, 2.05) is 37.4 Å². The molecule has 5 nitrogen and oxygen atoms in total. The molecule has 1 aliphatic rings. The van der Waals surface area contributed by atoms with Gasteiger partial charge in [0, 0.05) is 43.8 Å². The quantitative estimate of drug-likeness (QED) is 0.440. The number of piperazine rings is 1. The van der Waals surface area contributed by atoms with Crippen molar-refractivity contribution in [1.82, 2.24) is 9.88 Å². The molecule has 0 bridgehead atoms. The summed E-state index contributed by atoms with van der Waals surface area (Å²) in [4.78, 5) is 13.0. The third-order valence-corrected chi connectivity index (χ3v) is 4.19. The highest BCUT2D eigenvalue weighted by Gasteiger charge is 2.18. The lowest BCUT2D eigenvalue weighted by atomic mass is 10.2. The summed E-state index contributed by atoms with van der Waals surface area (Å²) in [6.45, 7) is 5.79. The van der Waals surface area contributed by atoms with Crippen LogP contribution in [-0.2, 0) is 6.54 Å². The number of halogens is 2. The zero-order valence-electron chi connectivity index (χ0n) is 14.2. The molecule has 0 unspecified atom stereocenters. The molecule has 1 aliphatic heterocycles. The molecule has 0 radical (unpaired) electrons. The van der Waals surface area contributed by atoms with Gasteiger partial charge in [-0.05, 0) is 42.8 Å². The Balaban J connectivity index is 0.00000225. The number of anilines is 1. The Hall–Kier alpha value is -1.90. The van der Waals surface area contributed by atoms with Crippen LogP contribution in [0.25, 0.3) is 0 Å². The average Bonchev–Trinajstić information content (AvgIpc) is 2.62. The second-order valence-corrected chi connectivity index (χ2v) is 5.93. The summed E-state index contributed by atoms with van der Waals surface area (Å²) in [7, 11) is 0. The first-order valence-corrected chi connectivity index (χ1v) is 8.09. The molecule has 0 aliphatic carbocycles. The van der Waals surface area contributed by atoms with Gasteiger partial charge >= 0.3 is 0 Å². The van der Waals surface area contributed by atoms with Gasteiger partial charge in [-0.1, -0.05) is 6.07 Å². The zero-order chi connectivity index (χ0) is 16.9. The Morgan fingerprint density at radius 3 is 2.40 bits per heavy atom. The average molecular weight is 455 g/mol. The smallest absolute Gasteiger partial charge is 0.191 e. The number of aryl methyl sites for hydroxylation is 1. The van der Waals surface area contributed by atoms with Crippen molar-refractivity contribution in [2.75, 3.05) is 31.1 Å². The fourth-order valence-electron chi connectivity index (χ4n) is 2.71. The van der Waals surface area contributed by atoms with Crippen LogP contribution < -0.4 is 10.6 Å². The standard InChI is InChI=1S/C18H22FN5.HI/c1-14-2-3-15(12-21-14)13-22-18(20)24-10-8-23(9-11-24)17-6-4-16(19)5-7-17;/h2-7,12H,8-11,13H2,1H3,(H2,20,22);1H. The number of guanidine groups is 1. The van der Waals surface area contributed by atoms with E-state index in [4.69, 9.17) is 5.73 Å². The van der Waals surface area contributed by atoms with E-state index in [1.165, 1.54) is 12.1 Å². The van der Waals surface area contributed by atoms with Crippen molar-refractivity contribution >= 4 is 35.6 Å². The number of pyridine rings is 1. The van der Waals surface area contributed by atoms with Crippen molar-refractivity contribution in [1.29, 1.82) is 0 Å². The van der Waals surface area contributed by atoms with Gasteiger partial charge in [0.25, 0.3) is 0 Å². The Morgan fingerprint density at radius 2 is 1.80 bits per heavy atom. The van der Waals surface area contributed by atoms with E-state index >= 15 is 0 Å². The van der Waals surface area contributed by atoms with E-state index in [0.29, 0.717) is 12.5 Å². The van der Waals surface area contributed by atoms with Gasteiger partial charge in [0.05, 0.1) is 6.54 Å². The predicted octanol–water partition coefficient (Wildman–Crippen LogP) is 2.78. The zero-order valence-corrected chi connectivity index (χ0v) is 16.6. The molecular formula is C18H23FIN5. The lowest BCUT2D eigenvalue weighted by molar-refractivity contribution is 0.380. The minimum Gasteiger partial charge on any atom is -0.370 e. The highest BCUT2D eigenvalue weighted by atomic mass is 127. The maximum absolute atomic E-state index is 13.0. The highest BCUT2D eigenvalue weighted by molar-refractivity contribution is 14.0. The van der Waals surface area contributed by atoms with E-state index in [-0.39, 0.29) is 29.8 Å². The van der Waals surface area contributed by atoms with Crippen LogP contribution in [0.4, 0.5) is 10.1 Å². The highest BCUT2D eigenvalue weighted by Crippen LogP contribution is 2.16. The van der Waals surface area contributed by atoms with Gasteiger partial charge in [0.1, 0.15) is 5.82 Å². The Kier molecular flexibility index (Phi) is 6.98. The first-order valence-electron chi connectivity index (χ1n) is 8.09. The number of nitrogens with zero attached hydrogens (tertiary/aromatic N) is 4. The fraction of sp³-hybridized carbons (Fsp3) is 0.333. The van der Waals surface area contributed by atoms with Crippen LogP contribution in [0.5, 0.6) is 0 Å². The molecule has 0 atom stereocenters. The van der Waals surface area contributed by atoms with Crippen LogP contribution in [0.15, 0.2) is 47.6 Å². The third-order valence-electron chi connectivity index (χ3n) is 4.19. The van der Waals surface area contributed by atoms with Crippen LogP contribution in [-0.4, -0.2) is 42.0 Å². The first kappa shape index (κ1) is 19.4. The summed E-state index contributed by atoms with van der Waals surface area (Å²) in [6.07, 6.45) is 1.83. The van der Waals surface area contributed by atoms with Gasteiger partial charge < -0.3 is 15.5 Å². The number of rotatable bonds is 3. The van der Waals surface area contributed by atoms with Gasteiger partial charge in [0.2, 0.25) is 0 Å². The van der Waals surface area contributed by atoms with E-state index in [1.54, 1.807) is 0 Å². The van der Waals surface area contributed by atoms with E-state index in [2.05, 4.69) is 19.8 Å². The number of aromatic nitrogens is 1. The monoisotopic (exact) mass is 455 g/mol. The largest absolute Gasteiger partial charge is 0.370 e. The summed E-state index contributed by atoms with van der Waals surface area (Å²) >= 11 is 0. The molecule has 1 saturated heterocycles. The van der Waals surface area contributed by atoms with E-state index in [9.17, 15) is 4.39 Å². The minimum absolute atomic E-state index is 0. The lowest BCUT2D eigenvalue weighted by Crippen LogP contribution is -2.51. The number of benzene rings is 1. The summed E-state index contributed by atoms with van der Waals surface area (Å²) in [5.41, 5.74) is 9.20. The molecule has 2 aromatic rings. The normalized spacial score (nSPS) is 15.0. The molecule has 0 saturated carbocycles. The molecular weight excluding hydrogens is 432 g/mol. The van der Waals surface area contributed by atoms with Gasteiger partial charge in [-0.15, -0.1) is 24.0 Å². The van der Waals surface area contributed by atoms with Crippen molar-refractivity contribution < 1.29 is 4.39 Å². The Morgan fingerprint density at radius 1 is 1.12 bits per heavy atom.